The quantitative estimate of drug-likeness (QED) is 0.234. The highest BCUT2D eigenvalue weighted by atomic mass is 127. The molecule has 30 heavy (non-hydrogen) atoms. The van der Waals surface area contributed by atoms with Crippen LogP contribution in [0.3, 0.4) is 0 Å². The van der Waals surface area contributed by atoms with Crippen molar-refractivity contribution < 1.29 is 23.4 Å². The number of pyridine rings is 1. The molecule has 0 saturated heterocycles. The van der Waals surface area contributed by atoms with Gasteiger partial charge in [0.2, 0.25) is 5.88 Å². The molecule has 0 unspecified atom stereocenters. The molecule has 0 aliphatic rings. The highest BCUT2D eigenvalue weighted by Crippen LogP contribution is 2.29. The summed E-state index contributed by atoms with van der Waals surface area (Å²) in [4.78, 5) is 24.7. The van der Waals surface area contributed by atoms with E-state index in [1.54, 1.807) is 18.5 Å². The molecule has 2 aromatic heterocycles. The SMILES string of the molecule is O=C(Nc1ccc(NC(F)(F)I)cc1)c1cnc(OCCO)c(-c2cncnc2)c1. The Bertz CT molecular complexity index is 1000. The van der Waals surface area contributed by atoms with E-state index in [0.29, 0.717) is 16.8 Å². The fourth-order valence-corrected chi connectivity index (χ4v) is 2.79. The maximum atomic E-state index is 13.0. The molecule has 8 nitrogen and oxygen atoms in total. The average molecular weight is 527 g/mol. The van der Waals surface area contributed by atoms with Gasteiger partial charge in [0.1, 0.15) is 12.9 Å². The number of aliphatic hydroxyl groups is 1. The molecule has 0 atom stereocenters. The van der Waals surface area contributed by atoms with Crippen LogP contribution in [0.2, 0.25) is 0 Å². The Morgan fingerprint density at radius 3 is 2.43 bits per heavy atom. The molecule has 3 aromatic rings. The lowest BCUT2D eigenvalue weighted by molar-refractivity contribution is 0.102. The van der Waals surface area contributed by atoms with Crippen molar-refractivity contribution in [3.05, 3.63) is 60.8 Å². The van der Waals surface area contributed by atoms with E-state index in [4.69, 9.17) is 9.84 Å². The Morgan fingerprint density at radius 1 is 1.13 bits per heavy atom. The second-order valence-corrected chi connectivity index (χ2v) is 7.28. The van der Waals surface area contributed by atoms with E-state index in [9.17, 15) is 13.6 Å². The number of alkyl halides is 3. The van der Waals surface area contributed by atoms with Crippen LogP contribution in [0.1, 0.15) is 10.4 Å². The normalized spacial score (nSPS) is 11.1. The number of benzene rings is 1. The maximum Gasteiger partial charge on any atom is 0.374 e. The summed E-state index contributed by atoms with van der Waals surface area (Å²) in [6.07, 6.45) is 5.80. The van der Waals surface area contributed by atoms with Crippen molar-refractivity contribution in [2.75, 3.05) is 23.8 Å². The Hall–Kier alpha value is -2.93. The summed E-state index contributed by atoms with van der Waals surface area (Å²) in [6.45, 7) is -0.154. The van der Waals surface area contributed by atoms with Gasteiger partial charge in [-0.2, -0.15) is 8.78 Å². The second kappa shape index (κ2) is 9.71. The standard InChI is InChI=1S/C19H16F2IN5O3/c20-19(21,22)27-15-3-1-14(2-4-15)26-17(29)12-7-16(13-8-23-11-24-9-13)18(25-10-12)30-6-5-28/h1-4,7-11,27-28H,5-6H2,(H,26,29). The average Bonchev–Trinajstić information content (AvgIpc) is 2.73. The predicted molar refractivity (Wildman–Crippen MR) is 115 cm³/mol. The number of rotatable bonds is 8. The first-order chi connectivity index (χ1) is 14.4. The molecule has 0 bridgehead atoms. The van der Waals surface area contributed by atoms with Gasteiger partial charge < -0.3 is 20.5 Å². The van der Waals surface area contributed by atoms with Crippen LogP contribution in [0.15, 0.2) is 55.2 Å². The number of ether oxygens (including phenoxy) is 1. The lowest BCUT2D eigenvalue weighted by Gasteiger charge is -2.13. The van der Waals surface area contributed by atoms with Gasteiger partial charge in [-0.25, -0.2) is 15.0 Å². The fourth-order valence-electron chi connectivity index (χ4n) is 2.48. The van der Waals surface area contributed by atoms with Crippen LogP contribution in [0.4, 0.5) is 20.2 Å². The molecule has 0 aliphatic heterocycles. The number of nitrogens with one attached hydrogen (secondary N) is 2. The van der Waals surface area contributed by atoms with Gasteiger partial charge in [-0.3, -0.25) is 4.79 Å². The molecule has 1 aromatic carbocycles. The van der Waals surface area contributed by atoms with Crippen molar-refractivity contribution in [2.45, 2.75) is 4.05 Å². The molecule has 156 valence electrons. The summed E-state index contributed by atoms with van der Waals surface area (Å²) in [5.74, 6) is -0.222. The van der Waals surface area contributed by atoms with Crippen LogP contribution < -0.4 is 15.4 Å². The van der Waals surface area contributed by atoms with E-state index in [1.807, 2.05) is 5.32 Å². The summed E-state index contributed by atoms with van der Waals surface area (Å²) in [5.41, 5.74) is 1.95. The highest BCUT2D eigenvalue weighted by molar-refractivity contribution is 14.1. The van der Waals surface area contributed by atoms with E-state index in [2.05, 4.69) is 20.3 Å². The van der Waals surface area contributed by atoms with E-state index in [0.717, 1.165) is 22.6 Å². The Labute approximate surface area is 183 Å². The van der Waals surface area contributed by atoms with Gasteiger partial charge in [0, 0.05) is 63.7 Å². The smallest absolute Gasteiger partial charge is 0.374 e. The molecule has 3 rings (SSSR count). The molecule has 11 heteroatoms. The summed E-state index contributed by atoms with van der Waals surface area (Å²) >= 11 is 0.981. The van der Waals surface area contributed by atoms with Crippen molar-refractivity contribution in [2.24, 2.45) is 0 Å². The van der Waals surface area contributed by atoms with E-state index in [1.165, 1.54) is 36.8 Å². The summed E-state index contributed by atoms with van der Waals surface area (Å²) in [7, 11) is 0. The molecule has 0 radical (unpaired) electrons. The minimum atomic E-state index is -3.08. The minimum Gasteiger partial charge on any atom is -0.475 e. The molecule has 0 saturated carbocycles. The largest absolute Gasteiger partial charge is 0.475 e. The van der Waals surface area contributed by atoms with Gasteiger partial charge in [-0.15, -0.1) is 0 Å². The monoisotopic (exact) mass is 527 g/mol. The molecular formula is C19H16F2IN5O3. The van der Waals surface area contributed by atoms with Gasteiger partial charge in [0.15, 0.2) is 0 Å². The van der Waals surface area contributed by atoms with E-state index in [-0.39, 0.29) is 30.3 Å². The number of carbonyl (C=O) groups is 1. The van der Waals surface area contributed by atoms with Crippen LogP contribution in [-0.2, 0) is 0 Å². The van der Waals surface area contributed by atoms with Crippen LogP contribution in [0.25, 0.3) is 11.1 Å². The Balaban J connectivity index is 1.80. The number of anilines is 2. The lowest BCUT2D eigenvalue weighted by atomic mass is 10.1. The number of carbonyl (C=O) groups excluding carboxylic acids is 1. The van der Waals surface area contributed by atoms with Crippen molar-refractivity contribution >= 4 is 39.9 Å². The van der Waals surface area contributed by atoms with Gasteiger partial charge in [0.25, 0.3) is 5.91 Å². The van der Waals surface area contributed by atoms with Crippen LogP contribution in [0, 0.1) is 0 Å². The number of aliphatic hydroxyl groups excluding tert-OH is 1. The third-order valence-corrected chi connectivity index (χ3v) is 4.01. The number of hydrogen-bond acceptors (Lipinski definition) is 7. The molecule has 3 N–H and O–H groups in total. The van der Waals surface area contributed by atoms with Gasteiger partial charge >= 0.3 is 4.05 Å². The lowest BCUT2D eigenvalue weighted by Crippen LogP contribution is -2.18. The Kier molecular flexibility index (Phi) is 7.05. The Morgan fingerprint density at radius 2 is 1.80 bits per heavy atom. The van der Waals surface area contributed by atoms with Crippen molar-refractivity contribution in [1.29, 1.82) is 0 Å². The van der Waals surface area contributed by atoms with E-state index >= 15 is 0 Å². The first kappa shape index (κ1) is 21.8. The minimum absolute atomic E-state index is 0.0376. The van der Waals surface area contributed by atoms with Gasteiger partial charge in [0.05, 0.1) is 12.2 Å². The zero-order chi connectivity index (χ0) is 21.6. The molecular weight excluding hydrogens is 511 g/mol. The van der Waals surface area contributed by atoms with Crippen molar-refractivity contribution in [3.8, 4) is 17.0 Å². The van der Waals surface area contributed by atoms with Crippen LogP contribution >= 0.6 is 22.6 Å². The first-order valence-electron chi connectivity index (χ1n) is 8.61. The van der Waals surface area contributed by atoms with Crippen molar-refractivity contribution in [3.63, 3.8) is 0 Å². The summed E-state index contributed by atoms with van der Waals surface area (Å²) < 4.78 is 28.3. The molecule has 0 spiro atoms. The third-order valence-electron chi connectivity index (χ3n) is 3.74. The molecule has 2 heterocycles. The van der Waals surface area contributed by atoms with Gasteiger partial charge in [-0.1, -0.05) is 0 Å². The summed E-state index contributed by atoms with van der Waals surface area (Å²) in [5, 5.41) is 13.7. The predicted octanol–water partition coefficient (Wildman–Crippen LogP) is 3.56. The maximum absolute atomic E-state index is 13.0. The fraction of sp³-hybridized carbons (Fsp3) is 0.158. The third kappa shape index (κ3) is 6.03. The number of halogens is 3. The van der Waals surface area contributed by atoms with Gasteiger partial charge in [-0.05, 0) is 30.3 Å². The second-order valence-electron chi connectivity index (χ2n) is 5.93. The molecule has 0 fully saturated rings. The highest BCUT2D eigenvalue weighted by Gasteiger charge is 2.22. The number of nitrogens with zero attached hydrogens (tertiary/aromatic N) is 3. The topological polar surface area (TPSA) is 109 Å². The first-order valence-corrected chi connectivity index (χ1v) is 9.69. The number of aromatic nitrogens is 3. The number of amides is 1. The summed E-state index contributed by atoms with van der Waals surface area (Å²) in [6, 6.07) is 7.43. The molecule has 1 amide bonds. The zero-order valence-corrected chi connectivity index (χ0v) is 17.5. The zero-order valence-electron chi connectivity index (χ0n) is 15.3. The van der Waals surface area contributed by atoms with Crippen molar-refractivity contribution in [1.82, 2.24) is 15.0 Å². The van der Waals surface area contributed by atoms with E-state index < -0.39 is 9.96 Å². The number of hydrogen-bond donors (Lipinski definition) is 3. The van der Waals surface area contributed by atoms with Crippen LogP contribution in [0.5, 0.6) is 5.88 Å². The van der Waals surface area contributed by atoms with Crippen LogP contribution in [-0.4, -0.2) is 43.2 Å². The molecule has 0 aliphatic carbocycles.